The Balaban J connectivity index is 1.88. The second-order valence-corrected chi connectivity index (χ2v) is 5.93. The number of hydrogen-bond acceptors (Lipinski definition) is 5. The van der Waals surface area contributed by atoms with E-state index >= 15 is 0 Å². The normalized spacial score (nSPS) is 23.8. The van der Waals surface area contributed by atoms with E-state index in [1.807, 2.05) is 6.07 Å². The Morgan fingerprint density at radius 2 is 2.42 bits per heavy atom. The van der Waals surface area contributed by atoms with Gasteiger partial charge in [-0.1, -0.05) is 13.8 Å². The molecule has 0 bridgehead atoms. The van der Waals surface area contributed by atoms with Crippen LogP contribution in [0.25, 0.3) is 0 Å². The third-order valence-electron chi connectivity index (χ3n) is 3.76. The average molecular weight is 277 g/mol. The molecule has 3 heterocycles. The zero-order valence-electron chi connectivity index (χ0n) is 11.4. The Hall–Kier alpha value is -1.36. The molecule has 0 radical (unpaired) electrons. The van der Waals surface area contributed by atoms with Gasteiger partial charge in [0.2, 0.25) is 5.13 Å². The van der Waals surface area contributed by atoms with Gasteiger partial charge >= 0.3 is 0 Å². The minimum absolute atomic E-state index is 0.302. The first-order valence-electron chi connectivity index (χ1n) is 6.90. The number of aryl methyl sites for hydroxylation is 1. The highest BCUT2D eigenvalue weighted by Crippen LogP contribution is 2.38. The van der Waals surface area contributed by atoms with E-state index in [1.54, 1.807) is 6.26 Å². The van der Waals surface area contributed by atoms with E-state index < -0.39 is 0 Å². The summed E-state index contributed by atoms with van der Waals surface area (Å²) in [5.74, 6) is 2.71. The summed E-state index contributed by atoms with van der Waals surface area (Å²) in [6.07, 6.45) is 4.98. The number of piperidine rings is 1. The molecule has 3 rings (SSSR count). The third kappa shape index (κ3) is 2.52. The van der Waals surface area contributed by atoms with Crippen LogP contribution in [0.2, 0.25) is 0 Å². The zero-order valence-corrected chi connectivity index (χ0v) is 12.2. The summed E-state index contributed by atoms with van der Waals surface area (Å²) in [6.45, 7) is 5.43. The zero-order chi connectivity index (χ0) is 13.2. The Kier molecular flexibility index (Phi) is 3.55. The molecule has 1 aliphatic rings. The number of nitrogens with zero attached hydrogens (tertiary/aromatic N) is 3. The van der Waals surface area contributed by atoms with Crippen molar-refractivity contribution in [2.24, 2.45) is 5.92 Å². The summed E-state index contributed by atoms with van der Waals surface area (Å²) >= 11 is 1.51. The molecule has 2 aromatic rings. The van der Waals surface area contributed by atoms with Gasteiger partial charge in [-0.05, 0) is 30.9 Å². The highest BCUT2D eigenvalue weighted by Gasteiger charge is 2.31. The summed E-state index contributed by atoms with van der Waals surface area (Å²) in [7, 11) is 0. The van der Waals surface area contributed by atoms with Crippen LogP contribution in [0.1, 0.15) is 44.3 Å². The van der Waals surface area contributed by atoms with E-state index in [4.69, 9.17) is 4.42 Å². The molecule has 0 aliphatic carbocycles. The van der Waals surface area contributed by atoms with Crippen LogP contribution < -0.4 is 4.90 Å². The van der Waals surface area contributed by atoms with Crippen molar-refractivity contribution in [3.63, 3.8) is 0 Å². The van der Waals surface area contributed by atoms with Crippen molar-refractivity contribution in [2.75, 3.05) is 11.4 Å². The minimum Gasteiger partial charge on any atom is -0.467 e. The fourth-order valence-electron chi connectivity index (χ4n) is 2.63. The van der Waals surface area contributed by atoms with Gasteiger partial charge in [0.1, 0.15) is 11.6 Å². The summed E-state index contributed by atoms with van der Waals surface area (Å²) in [6, 6.07) is 4.33. The first-order chi connectivity index (χ1) is 9.28. The van der Waals surface area contributed by atoms with Crippen LogP contribution in [0.15, 0.2) is 22.8 Å². The molecule has 4 nitrogen and oxygen atoms in total. The lowest BCUT2D eigenvalue weighted by molar-refractivity contribution is 0.328. The molecule has 0 spiro atoms. The minimum atomic E-state index is 0.302. The van der Waals surface area contributed by atoms with Crippen LogP contribution in [-0.2, 0) is 6.42 Å². The highest BCUT2D eigenvalue weighted by atomic mass is 32.1. The van der Waals surface area contributed by atoms with Gasteiger partial charge in [-0.3, -0.25) is 0 Å². The molecule has 2 unspecified atom stereocenters. The van der Waals surface area contributed by atoms with E-state index in [0.29, 0.717) is 6.04 Å². The molecule has 0 N–H and O–H groups in total. The number of anilines is 1. The van der Waals surface area contributed by atoms with Crippen molar-refractivity contribution in [1.82, 2.24) is 9.36 Å². The van der Waals surface area contributed by atoms with Crippen molar-refractivity contribution < 1.29 is 4.42 Å². The molecule has 2 aromatic heterocycles. The predicted octanol–water partition coefficient (Wildman–Crippen LogP) is 3.67. The molecule has 0 aromatic carbocycles. The predicted molar refractivity (Wildman–Crippen MR) is 76.5 cm³/mol. The van der Waals surface area contributed by atoms with Crippen molar-refractivity contribution in [3.8, 4) is 0 Å². The number of hydrogen-bond donors (Lipinski definition) is 0. The Morgan fingerprint density at radius 1 is 1.53 bits per heavy atom. The lowest BCUT2D eigenvalue weighted by atomic mass is 9.91. The summed E-state index contributed by atoms with van der Waals surface area (Å²) in [5.41, 5.74) is 0. The second-order valence-electron chi connectivity index (χ2n) is 5.20. The quantitative estimate of drug-likeness (QED) is 0.858. The van der Waals surface area contributed by atoms with E-state index in [9.17, 15) is 0 Å². The molecule has 1 aliphatic heterocycles. The molecule has 102 valence electrons. The van der Waals surface area contributed by atoms with E-state index in [1.165, 1.54) is 18.0 Å². The van der Waals surface area contributed by atoms with Gasteiger partial charge in [-0.15, -0.1) is 0 Å². The highest BCUT2D eigenvalue weighted by molar-refractivity contribution is 7.09. The second kappa shape index (κ2) is 5.33. The fourth-order valence-corrected chi connectivity index (χ4v) is 3.45. The molecule has 5 heteroatoms. The lowest BCUT2D eigenvalue weighted by Crippen LogP contribution is -2.36. The smallest absolute Gasteiger partial charge is 0.205 e. The van der Waals surface area contributed by atoms with Crippen LogP contribution in [0, 0.1) is 5.92 Å². The van der Waals surface area contributed by atoms with E-state index in [2.05, 4.69) is 34.2 Å². The van der Waals surface area contributed by atoms with Crippen LogP contribution in [0.3, 0.4) is 0 Å². The molecule has 0 saturated carbocycles. The average Bonchev–Trinajstić information content (AvgIpc) is 3.10. The molecular weight excluding hydrogens is 258 g/mol. The largest absolute Gasteiger partial charge is 0.467 e. The molecule has 0 amide bonds. The fraction of sp³-hybridized carbons (Fsp3) is 0.571. The van der Waals surface area contributed by atoms with Crippen LogP contribution in [0.5, 0.6) is 0 Å². The number of furan rings is 1. The molecule has 1 saturated heterocycles. The van der Waals surface area contributed by atoms with Crippen LogP contribution in [-0.4, -0.2) is 15.9 Å². The maximum atomic E-state index is 5.62. The van der Waals surface area contributed by atoms with E-state index in [-0.39, 0.29) is 0 Å². The van der Waals surface area contributed by atoms with Crippen LogP contribution >= 0.6 is 11.5 Å². The Bertz CT molecular complexity index is 523. The summed E-state index contributed by atoms with van der Waals surface area (Å²) in [4.78, 5) is 6.99. The van der Waals surface area contributed by atoms with Crippen molar-refractivity contribution in [1.29, 1.82) is 0 Å². The van der Waals surface area contributed by atoms with Crippen LogP contribution in [0.4, 0.5) is 5.13 Å². The topological polar surface area (TPSA) is 42.2 Å². The van der Waals surface area contributed by atoms with Gasteiger partial charge in [0.15, 0.2) is 0 Å². The molecule has 1 fully saturated rings. The monoisotopic (exact) mass is 277 g/mol. The summed E-state index contributed by atoms with van der Waals surface area (Å²) in [5, 5.41) is 1.03. The Labute approximate surface area is 117 Å². The van der Waals surface area contributed by atoms with Crippen molar-refractivity contribution >= 4 is 16.7 Å². The van der Waals surface area contributed by atoms with Gasteiger partial charge in [-0.25, -0.2) is 4.98 Å². The molecular formula is C14H19N3OS. The first-order valence-corrected chi connectivity index (χ1v) is 7.68. The maximum absolute atomic E-state index is 5.62. The lowest BCUT2D eigenvalue weighted by Gasteiger charge is -2.36. The standard InChI is InChI=1S/C14H19N3OS/c1-3-13-15-14(19-16-13)17-7-6-10(2)9-11(17)12-5-4-8-18-12/h4-5,8,10-11H,3,6-7,9H2,1-2H3. The van der Waals surface area contributed by atoms with Gasteiger partial charge in [0.05, 0.1) is 12.3 Å². The maximum Gasteiger partial charge on any atom is 0.205 e. The van der Waals surface area contributed by atoms with Gasteiger partial charge in [0, 0.05) is 24.5 Å². The van der Waals surface area contributed by atoms with Gasteiger partial charge in [-0.2, -0.15) is 4.37 Å². The SMILES string of the molecule is CCc1nsc(N2CCC(C)CC2c2ccco2)n1. The number of aromatic nitrogens is 2. The first kappa shape index (κ1) is 12.7. The van der Waals surface area contributed by atoms with Crippen molar-refractivity contribution in [3.05, 3.63) is 30.0 Å². The summed E-state index contributed by atoms with van der Waals surface area (Å²) < 4.78 is 10.0. The molecule has 2 atom stereocenters. The third-order valence-corrected chi connectivity index (χ3v) is 4.55. The van der Waals surface area contributed by atoms with Crippen molar-refractivity contribution in [2.45, 2.75) is 39.2 Å². The Morgan fingerprint density at radius 3 is 3.11 bits per heavy atom. The van der Waals surface area contributed by atoms with Gasteiger partial charge in [0.25, 0.3) is 0 Å². The van der Waals surface area contributed by atoms with Gasteiger partial charge < -0.3 is 9.32 Å². The molecule has 19 heavy (non-hydrogen) atoms. The number of rotatable bonds is 3. The van der Waals surface area contributed by atoms with E-state index in [0.717, 1.165) is 42.0 Å².